The number of benzene rings is 2. The number of carbonyl (C=O) groups excluding carboxylic acids is 1. The Morgan fingerprint density at radius 3 is 2.60 bits per heavy atom. The van der Waals surface area contributed by atoms with Crippen LogP contribution in [-0.4, -0.2) is 53.9 Å². The number of carbonyl (C=O) groups is 1. The normalized spacial score (nSPS) is 10.8. The smallest absolute Gasteiger partial charge is 0.233 e. The fraction of sp³-hybridized carbons (Fsp3) is 0.364. The molecule has 30 heavy (non-hydrogen) atoms. The second kappa shape index (κ2) is 10.2. The molecule has 1 N–H and O–H groups in total. The number of imidazole rings is 1. The van der Waals surface area contributed by atoms with Crippen LogP contribution in [0.4, 0.5) is 0 Å². The minimum atomic E-state index is 0.0488. The highest BCUT2D eigenvalue weighted by Gasteiger charge is 2.15. The van der Waals surface area contributed by atoms with E-state index in [0.717, 1.165) is 22.3 Å². The summed E-state index contributed by atoms with van der Waals surface area (Å²) in [5.41, 5.74) is 2.74. The van der Waals surface area contributed by atoms with Gasteiger partial charge in [0.2, 0.25) is 5.91 Å². The summed E-state index contributed by atoms with van der Waals surface area (Å²) in [4.78, 5) is 22.4. The molecule has 1 heterocycles. The number of nitrogens with zero attached hydrogens (tertiary/aromatic N) is 2. The minimum absolute atomic E-state index is 0.0488. The SMILES string of the molecule is CCOc1ccc2nc(SCC(=O)N(CC)Cc3ccc(OC)c(OC)c3)[nH]c2c1. The van der Waals surface area contributed by atoms with E-state index in [9.17, 15) is 4.79 Å². The minimum Gasteiger partial charge on any atom is -0.494 e. The number of H-pyrrole nitrogens is 1. The van der Waals surface area contributed by atoms with E-state index in [4.69, 9.17) is 14.2 Å². The first-order valence-electron chi connectivity index (χ1n) is 9.82. The lowest BCUT2D eigenvalue weighted by Gasteiger charge is -2.21. The van der Waals surface area contributed by atoms with Crippen LogP contribution in [-0.2, 0) is 11.3 Å². The van der Waals surface area contributed by atoms with Crippen molar-refractivity contribution in [3.05, 3.63) is 42.0 Å². The summed E-state index contributed by atoms with van der Waals surface area (Å²) in [7, 11) is 3.21. The van der Waals surface area contributed by atoms with Gasteiger partial charge in [0.05, 0.1) is 37.6 Å². The van der Waals surface area contributed by atoms with Crippen molar-refractivity contribution in [2.24, 2.45) is 0 Å². The molecular weight excluding hydrogens is 402 g/mol. The molecule has 2 aromatic carbocycles. The van der Waals surface area contributed by atoms with Gasteiger partial charge in [-0.15, -0.1) is 0 Å². The predicted molar refractivity (Wildman–Crippen MR) is 119 cm³/mol. The topological polar surface area (TPSA) is 76.7 Å². The van der Waals surface area contributed by atoms with Gasteiger partial charge in [-0.05, 0) is 43.7 Å². The van der Waals surface area contributed by atoms with Crippen LogP contribution in [0.25, 0.3) is 11.0 Å². The maximum absolute atomic E-state index is 12.8. The van der Waals surface area contributed by atoms with E-state index in [2.05, 4.69) is 9.97 Å². The number of ether oxygens (including phenoxy) is 3. The first kappa shape index (κ1) is 21.8. The molecule has 160 valence electrons. The molecule has 0 atom stereocenters. The van der Waals surface area contributed by atoms with Gasteiger partial charge in [-0.3, -0.25) is 4.79 Å². The molecule has 3 aromatic rings. The highest BCUT2D eigenvalue weighted by Crippen LogP contribution is 2.28. The molecule has 0 unspecified atom stereocenters. The number of nitrogens with one attached hydrogen (secondary N) is 1. The van der Waals surface area contributed by atoms with Gasteiger partial charge in [0.1, 0.15) is 5.75 Å². The number of amides is 1. The molecule has 0 saturated heterocycles. The Bertz CT molecular complexity index is 1010. The first-order chi connectivity index (χ1) is 14.6. The summed E-state index contributed by atoms with van der Waals surface area (Å²) in [6.45, 7) is 5.66. The second-order valence-electron chi connectivity index (χ2n) is 6.54. The van der Waals surface area contributed by atoms with Crippen molar-refractivity contribution in [2.45, 2.75) is 25.5 Å². The quantitative estimate of drug-likeness (QED) is 0.489. The van der Waals surface area contributed by atoms with Crippen LogP contribution in [0.5, 0.6) is 17.2 Å². The van der Waals surface area contributed by atoms with E-state index in [1.54, 1.807) is 14.2 Å². The number of aromatic nitrogens is 2. The summed E-state index contributed by atoms with van der Waals surface area (Å²) in [6.07, 6.45) is 0. The zero-order valence-electron chi connectivity index (χ0n) is 17.7. The second-order valence-corrected chi connectivity index (χ2v) is 7.50. The van der Waals surface area contributed by atoms with Crippen LogP contribution in [0, 0.1) is 0 Å². The summed E-state index contributed by atoms with van der Waals surface area (Å²) in [5.74, 6) is 2.48. The molecule has 0 bridgehead atoms. The van der Waals surface area contributed by atoms with E-state index in [0.29, 0.717) is 42.1 Å². The van der Waals surface area contributed by atoms with E-state index in [1.165, 1.54) is 11.8 Å². The van der Waals surface area contributed by atoms with Gasteiger partial charge < -0.3 is 24.1 Å². The molecule has 3 rings (SSSR count). The van der Waals surface area contributed by atoms with Crippen LogP contribution in [0.2, 0.25) is 0 Å². The van der Waals surface area contributed by atoms with Gasteiger partial charge >= 0.3 is 0 Å². The Labute approximate surface area is 180 Å². The van der Waals surface area contributed by atoms with Crippen LogP contribution in [0.3, 0.4) is 0 Å². The van der Waals surface area contributed by atoms with E-state index >= 15 is 0 Å². The largest absolute Gasteiger partial charge is 0.494 e. The summed E-state index contributed by atoms with van der Waals surface area (Å²) < 4.78 is 16.2. The van der Waals surface area contributed by atoms with Crippen molar-refractivity contribution in [1.29, 1.82) is 0 Å². The fourth-order valence-electron chi connectivity index (χ4n) is 3.09. The average molecular weight is 430 g/mol. The number of hydrogen-bond donors (Lipinski definition) is 1. The van der Waals surface area contributed by atoms with Gasteiger partial charge in [-0.2, -0.15) is 0 Å². The van der Waals surface area contributed by atoms with Crippen molar-refractivity contribution in [3.63, 3.8) is 0 Å². The van der Waals surface area contributed by atoms with Crippen LogP contribution >= 0.6 is 11.8 Å². The summed E-state index contributed by atoms with van der Waals surface area (Å²) in [6, 6.07) is 11.4. The Balaban J connectivity index is 1.63. The lowest BCUT2D eigenvalue weighted by atomic mass is 10.2. The molecule has 1 aromatic heterocycles. The summed E-state index contributed by atoms with van der Waals surface area (Å²) in [5, 5.41) is 0.717. The lowest BCUT2D eigenvalue weighted by molar-refractivity contribution is -0.128. The van der Waals surface area contributed by atoms with Crippen molar-refractivity contribution < 1.29 is 19.0 Å². The Hall–Kier alpha value is -2.87. The van der Waals surface area contributed by atoms with Crippen molar-refractivity contribution >= 4 is 28.7 Å². The number of hydrogen-bond acceptors (Lipinski definition) is 6. The van der Waals surface area contributed by atoms with Gasteiger partial charge in [-0.1, -0.05) is 17.8 Å². The third-order valence-corrected chi connectivity index (χ3v) is 5.49. The lowest BCUT2D eigenvalue weighted by Crippen LogP contribution is -2.31. The zero-order chi connectivity index (χ0) is 21.5. The van der Waals surface area contributed by atoms with E-state index in [1.807, 2.05) is 55.1 Å². The average Bonchev–Trinajstić information content (AvgIpc) is 3.18. The predicted octanol–water partition coefficient (Wildman–Crippen LogP) is 4.12. The molecule has 0 saturated carbocycles. The maximum atomic E-state index is 12.8. The molecule has 1 amide bonds. The Kier molecular flexibility index (Phi) is 7.46. The number of methoxy groups -OCH3 is 2. The van der Waals surface area contributed by atoms with Crippen LogP contribution in [0.1, 0.15) is 19.4 Å². The Morgan fingerprint density at radius 1 is 1.10 bits per heavy atom. The van der Waals surface area contributed by atoms with Crippen molar-refractivity contribution in [1.82, 2.24) is 14.9 Å². The molecule has 7 nitrogen and oxygen atoms in total. The fourth-order valence-corrected chi connectivity index (χ4v) is 3.88. The molecule has 0 spiro atoms. The number of rotatable bonds is 10. The number of thioether (sulfide) groups is 1. The zero-order valence-corrected chi connectivity index (χ0v) is 18.5. The molecule has 8 heteroatoms. The molecular formula is C22H27N3O4S. The van der Waals surface area contributed by atoms with Crippen molar-refractivity contribution in [2.75, 3.05) is 33.1 Å². The van der Waals surface area contributed by atoms with Gasteiger partial charge in [0, 0.05) is 19.2 Å². The number of fused-ring (bicyclic) bond motifs is 1. The summed E-state index contributed by atoms with van der Waals surface area (Å²) >= 11 is 1.40. The van der Waals surface area contributed by atoms with Gasteiger partial charge in [0.25, 0.3) is 0 Å². The Morgan fingerprint density at radius 2 is 1.90 bits per heavy atom. The van der Waals surface area contributed by atoms with Crippen molar-refractivity contribution in [3.8, 4) is 17.2 Å². The molecule has 0 fully saturated rings. The molecule has 0 radical (unpaired) electrons. The monoisotopic (exact) mass is 429 g/mol. The van der Waals surface area contributed by atoms with E-state index < -0.39 is 0 Å². The number of aromatic amines is 1. The maximum Gasteiger partial charge on any atom is 0.233 e. The molecule has 0 aliphatic rings. The van der Waals surface area contributed by atoms with E-state index in [-0.39, 0.29) is 5.91 Å². The first-order valence-corrected chi connectivity index (χ1v) is 10.8. The molecule has 0 aliphatic heterocycles. The highest BCUT2D eigenvalue weighted by molar-refractivity contribution is 7.99. The molecule has 0 aliphatic carbocycles. The highest BCUT2D eigenvalue weighted by atomic mass is 32.2. The van der Waals surface area contributed by atoms with Crippen LogP contribution < -0.4 is 14.2 Å². The van der Waals surface area contributed by atoms with Gasteiger partial charge in [0.15, 0.2) is 16.7 Å². The van der Waals surface area contributed by atoms with Gasteiger partial charge in [-0.25, -0.2) is 4.98 Å². The standard InChI is InChI=1S/C22H27N3O4S/c1-5-25(13-15-7-10-19(27-3)20(11-15)28-4)21(26)14-30-22-23-17-9-8-16(29-6-2)12-18(17)24-22/h7-12H,5-6,13-14H2,1-4H3,(H,23,24). The third-order valence-electron chi connectivity index (χ3n) is 4.63. The van der Waals surface area contributed by atoms with Crippen LogP contribution in [0.15, 0.2) is 41.6 Å². The third kappa shape index (κ3) is 5.18.